The lowest BCUT2D eigenvalue weighted by Crippen LogP contribution is -2.54. The quantitative estimate of drug-likeness (QED) is 0.452. The molecule has 1 aromatic rings. The number of alkyl halides is 4. The van der Waals surface area contributed by atoms with Crippen LogP contribution < -0.4 is 16.0 Å². The number of amides is 3. The number of carbonyl (C=O) groups excluding carboxylic acids is 3. The van der Waals surface area contributed by atoms with Gasteiger partial charge in [0.1, 0.15) is 6.61 Å². The fourth-order valence-electron chi connectivity index (χ4n) is 2.84. The molecule has 0 aromatic heterocycles. The number of rotatable bonds is 9. The maximum Gasteiger partial charge on any atom is 0.253 e. The van der Waals surface area contributed by atoms with Crippen molar-refractivity contribution >= 4 is 29.1 Å². The summed E-state index contributed by atoms with van der Waals surface area (Å²) in [6, 6.07) is 3.87. The van der Waals surface area contributed by atoms with Crippen molar-refractivity contribution in [1.29, 1.82) is 0 Å². The largest absolute Gasteiger partial charge is 0.370 e. The number of halogens is 4. The summed E-state index contributed by atoms with van der Waals surface area (Å²) >= 11 is 0. The minimum absolute atomic E-state index is 0.0527. The Labute approximate surface area is 163 Å². The van der Waals surface area contributed by atoms with Crippen LogP contribution >= 0.6 is 0 Å². The summed E-state index contributed by atoms with van der Waals surface area (Å²) in [5, 5.41) is 2.29. The molecule has 0 bridgehead atoms. The van der Waals surface area contributed by atoms with Gasteiger partial charge in [-0.05, 0) is 24.3 Å². The molecule has 160 valence electrons. The average molecular weight is 420 g/mol. The summed E-state index contributed by atoms with van der Waals surface area (Å²) in [6.45, 7) is -1.77. The van der Waals surface area contributed by atoms with Gasteiger partial charge in [0.25, 0.3) is 24.7 Å². The fraction of sp³-hybridized carbons (Fsp3) is 0.471. The molecule has 1 atom stereocenters. The molecule has 1 saturated heterocycles. The number of ether oxygens (including phenoxy) is 1. The third-order valence-electron chi connectivity index (χ3n) is 4.06. The maximum absolute atomic E-state index is 12.7. The van der Waals surface area contributed by atoms with E-state index < -0.39 is 43.8 Å². The Bertz CT molecular complexity index is 723. The van der Waals surface area contributed by atoms with Gasteiger partial charge in [-0.15, -0.1) is 0 Å². The van der Waals surface area contributed by atoms with Crippen LogP contribution in [-0.4, -0.2) is 74.4 Å². The van der Waals surface area contributed by atoms with Crippen molar-refractivity contribution in [1.82, 2.24) is 4.90 Å². The highest BCUT2D eigenvalue weighted by molar-refractivity contribution is 6.09. The summed E-state index contributed by atoms with van der Waals surface area (Å²) in [6.07, 6.45) is -6.09. The molecule has 3 N–H and O–H groups in total. The predicted octanol–water partition coefficient (Wildman–Crippen LogP) is 0.674. The lowest BCUT2D eigenvalue weighted by molar-refractivity contribution is -0.134. The molecule has 1 aliphatic rings. The maximum atomic E-state index is 12.7. The van der Waals surface area contributed by atoms with Gasteiger partial charge < -0.3 is 20.7 Å². The number of hydrogen-bond donors (Lipinski definition) is 2. The standard InChI is InChI=1S/C17H20F4N4O4/c18-12(19)7-24(8-13(20)21)15(16(22)27)17(28)23-10-1-3-11(4-2-10)25-5-6-29-9-14(25)26/h1-4,12-13,15H,5-9H2,(H2,22,27)(H,23,28)/t15-/m1/s1. The minimum atomic E-state index is -3.05. The Hall–Kier alpha value is -2.73. The van der Waals surface area contributed by atoms with Crippen molar-refractivity contribution < 1.29 is 36.7 Å². The predicted molar refractivity (Wildman–Crippen MR) is 94.8 cm³/mol. The second-order valence-electron chi connectivity index (χ2n) is 6.18. The number of nitrogens with one attached hydrogen (secondary N) is 1. The molecule has 0 spiro atoms. The molecule has 1 heterocycles. The van der Waals surface area contributed by atoms with Crippen LogP contribution in [0.5, 0.6) is 0 Å². The number of hydrogen-bond acceptors (Lipinski definition) is 5. The van der Waals surface area contributed by atoms with Gasteiger partial charge in [-0.3, -0.25) is 19.3 Å². The molecule has 29 heavy (non-hydrogen) atoms. The van der Waals surface area contributed by atoms with E-state index in [2.05, 4.69) is 5.32 Å². The number of nitrogens with two attached hydrogens (primary N) is 1. The average Bonchev–Trinajstić information content (AvgIpc) is 2.61. The van der Waals surface area contributed by atoms with Crippen LogP contribution in [0.4, 0.5) is 28.9 Å². The summed E-state index contributed by atoms with van der Waals surface area (Å²) in [5.74, 6) is -2.69. The van der Waals surface area contributed by atoms with Gasteiger partial charge in [0.15, 0.2) is 6.04 Å². The van der Waals surface area contributed by atoms with Crippen LogP contribution in [-0.2, 0) is 19.1 Å². The smallest absolute Gasteiger partial charge is 0.253 e. The van der Waals surface area contributed by atoms with Crippen LogP contribution in [0.2, 0.25) is 0 Å². The van der Waals surface area contributed by atoms with Gasteiger partial charge in [0.2, 0.25) is 5.91 Å². The molecule has 3 amide bonds. The first-order valence-corrected chi connectivity index (χ1v) is 8.57. The zero-order valence-electron chi connectivity index (χ0n) is 15.2. The summed E-state index contributed by atoms with van der Waals surface area (Å²) in [4.78, 5) is 37.6. The monoisotopic (exact) mass is 420 g/mol. The number of morpholine rings is 1. The molecular formula is C17H20F4N4O4. The molecule has 0 aliphatic carbocycles. The van der Waals surface area contributed by atoms with Crippen molar-refractivity contribution in [3.63, 3.8) is 0 Å². The Kier molecular flexibility index (Phi) is 7.91. The van der Waals surface area contributed by atoms with Gasteiger partial charge in [0.05, 0.1) is 19.7 Å². The Morgan fingerprint density at radius 3 is 2.21 bits per heavy atom. The van der Waals surface area contributed by atoms with Gasteiger partial charge in [-0.25, -0.2) is 17.6 Å². The van der Waals surface area contributed by atoms with E-state index in [1.165, 1.54) is 29.2 Å². The number of benzene rings is 1. The van der Waals surface area contributed by atoms with Gasteiger partial charge >= 0.3 is 0 Å². The van der Waals surface area contributed by atoms with Crippen LogP contribution in [0.25, 0.3) is 0 Å². The topological polar surface area (TPSA) is 105 Å². The van der Waals surface area contributed by atoms with Crippen LogP contribution in [0.1, 0.15) is 0 Å². The van der Waals surface area contributed by atoms with Crippen LogP contribution in [0.3, 0.4) is 0 Å². The van der Waals surface area contributed by atoms with E-state index in [0.29, 0.717) is 23.7 Å². The molecule has 8 nitrogen and oxygen atoms in total. The Balaban J connectivity index is 2.12. The van der Waals surface area contributed by atoms with Crippen LogP contribution in [0, 0.1) is 0 Å². The molecule has 1 aliphatic heterocycles. The van der Waals surface area contributed by atoms with E-state index in [1.54, 1.807) is 0 Å². The lowest BCUT2D eigenvalue weighted by atomic mass is 10.2. The van der Waals surface area contributed by atoms with Crippen molar-refractivity contribution in [3.8, 4) is 0 Å². The number of anilines is 2. The molecule has 0 saturated carbocycles. The third-order valence-corrected chi connectivity index (χ3v) is 4.06. The van der Waals surface area contributed by atoms with E-state index in [9.17, 15) is 31.9 Å². The molecular weight excluding hydrogens is 400 g/mol. The SMILES string of the molecule is NC(=O)[C@H](C(=O)Nc1ccc(N2CCOCC2=O)cc1)N(CC(F)F)CC(F)F. The molecule has 1 fully saturated rings. The van der Waals surface area contributed by atoms with E-state index >= 15 is 0 Å². The highest BCUT2D eigenvalue weighted by atomic mass is 19.3. The number of carbonyl (C=O) groups is 3. The van der Waals surface area contributed by atoms with Crippen molar-refractivity contribution in [2.24, 2.45) is 5.73 Å². The molecule has 0 radical (unpaired) electrons. The van der Waals surface area contributed by atoms with Gasteiger partial charge in [0, 0.05) is 17.9 Å². The first-order valence-electron chi connectivity index (χ1n) is 8.57. The Morgan fingerprint density at radius 2 is 1.72 bits per heavy atom. The summed E-state index contributed by atoms with van der Waals surface area (Å²) < 4.78 is 55.8. The van der Waals surface area contributed by atoms with E-state index in [-0.39, 0.29) is 18.2 Å². The fourth-order valence-corrected chi connectivity index (χ4v) is 2.84. The highest BCUT2D eigenvalue weighted by Crippen LogP contribution is 2.20. The first-order chi connectivity index (χ1) is 13.7. The zero-order valence-corrected chi connectivity index (χ0v) is 15.2. The molecule has 1 aromatic carbocycles. The molecule has 2 rings (SSSR count). The molecule has 0 unspecified atom stereocenters. The Morgan fingerprint density at radius 1 is 1.14 bits per heavy atom. The van der Waals surface area contributed by atoms with Crippen molar-refractivity contribution in [2.75, 3.05) is 43.1 Å². The normalized spacial score (nSPS) is 15.8. The number of nitrogens with zero attached hydrogens (tertiary/aromatic N) is 2. The van der Waals surface area contributed by atoms with Crippen molar-refractivity contribution in [2.45, 2.75) is 18.9 Å². The highest BCUT2D eigenvalue weighted by Gasteiger charge is 2.34. The summed E-state index contributed by atoms with van der Waals surface area (Å²) in [5.41, 5.74) is 5.80. The summed E-state index contributed by atoms with van der Waals surface area (Å²) in [7, 11) is 0. The second-order valence-corrected chi connectivity index (χ2v) is 6.18. The van der Waals surface area contributed by atoms with Crippen molar-refractivity contribution in [3.05, 3.63) is 24.3 Å². The minimum Gasteiger partial charge on any atom is -0.370 e. The first kappa shape index (κ1) is 22.6. The lowest BCUT2D eigenvalue weighted by Gasteiger charge is -2.28. The van der Waals surface area contributed by atoms with Gasteiger partial charge in [-0.2, -0.15) is 0 Å². The van der Waals surface area contributed by atoms with E-state index in [4.69, 9.17) is 10.5 Å². The third kappa shape index (κ3) is 6.39. The van der Waals surface area contributed by atoms with E-state index in [0.717, 1.165) is 0 Å². The molecule has 12 heteroatoms. The van der Waals surface area contributed by atoms with E-state index in [1.807, 2.05) is 0 Å². The second kappa shape index (κ2) is 10.2. The zero-order chi connectivity index (χ0) is 21.6. The number of primary amides is 1. The van der Waals surface area contributed by atoms with Gasteiger partial charge in [-0.1, -0.05) is 0 Å². The van der Waals surface area contributed by atoms with Crippen LogP contribution in [0.15, 0.2) is 24.3 Å².